The Labute approximate surface area is 145 Å². The van der Waals surface area contributed by atoms with E-state index in [0.29, 0.717) is 17.8 Å². The third kappa shape index (κ3) is 3.56. The summed E-state index contributed by atoms with van der Waals surface area (Å²) >= 11 is 0. The van der Waals surface area contributed by atoms with E-state index >= 15 is 0 Å². The molecule has 0 spiro atoms. The highest BCUT2D eigenvalue weighted by Crippen LogP contribution is 2.06. The highest BCUT2D eigenvalue weighted by atomic mass is 16.1. The van der Waals surface area contributed by atoms with E-state index in [-0.39, 0.29) is 5.56 Å². The minimum absolute atomic E-state index is 0.113. The number of hydrogen-bond donors (Lipinski definition) is 0. The lowest BCUT2D eigenvalue weighted by Crippen LogP contribution is -2.22. The number of nitrogens with zero attached hydrogens (tertiary/aromatic N) is 5. The first-order valence-electron chi connectivity index (χ1n) is 7.82. The summed E-state index contributed by atoms with van der Waals surface area (Å²) in [5.41, 5.74) is 2.97. The van der Waals surface area contributed by atoms with Crippen molar-refractivity contribution < 1.29 is 0 Å². The average molecular weight is 331 g/mol. The zero-order chi connectivity index (χ0) is 17.8. The summed E-state index contributed by atoms with van der Waals surface area (Å²) in [6, 6.07) is 13.7. The maximum atomic E-state index is 12.3. The first-order chi connectivity index (χ1) is 12.1. The van der Waals surface area contributed by atoms with E-state index in [1.54, 1.807) is 32.3 Å². The van der Waals surface area contributed by atoms with Crippen LogP contribution in [0.4, 0.5) is 0 Å². The first-order valence-corrected chi connectivity index (χ1v) is 7.82. The third-order valence-electron chi connectivity index (χ3n) is 3.83. The smallest absolute Gasteiger partial charge is 0.268 e. The average Bonchev–Trinajstić information content (AvgIpc) is 3.03. The number of aromatic nitrogens is 3. The molecule has 0 unspecified atom stereocenters. The van der Waals surface area contributed by atoms with Crippen LogP contribution in [0, 0.1) is 25.2 Å². The maximum absolute atomic E-state index is 12.3. The molecule has 2 aromatic heterocycles. The largest absolute Gasteiger partial charge is 0.289 e. The summed E-state index contributed by atoms with van der Waals surface area (Å²) in [6.07, 6.45) is 5.11. The van der Waals surface area contributed by atoms with Gasteiger partial charge in [-0.2, -0.15) is 15.5 Å². The van der Waals surface area contributed by atoms with Crippen LogP contribution in [0.15, 0.2) is 58.7 Å². The van der Waals surface area contributed by atoms with Gasteiger partial charge in [-0.05, 0) is 31.0 Å². The molecule has 0 saturated carbocycles. The van der Waals surface area contributed by atoms with Crippen molar-refractivity contribution in [3.05, 3.63) is 87.1 Å². The van der Waals surface area contributed by atoms with E-state index < -0.39 is 5.56 Å². The van der Waals surface area contributed by atoms with Gasteiger partial charge < -0.3 is 0 Å². The van der Waals surface area contributed by atoms with Gasteiger partial charge in [0, 0.05) is 17.5 Å². The fraction of sp³-hybridized carbons (Fsp3) is 0.158. The molecule has 0 amide bonds. The fourth-order valence-corrected chi connectivity index (χ4v) is 2.59. The van der Waals surface area contributed by atoms with E-state index in [0.717, 1.165) is 11.1 Å². The van der Waals surface area contributed by atoms with Crippen LogP contribution >= 0.6 is 0 Å². The van der Waals surface area contributed by atoms with Crippen molar-refractivity contribution in [2.24, 2.45) is 5.10 Å². The van der Waals surface area contributed by atoms with Crippen molar-refractivity contribution >= 4 is 6.21 Å². The monoisotopic (exact) mass is 331 g/mol. The Balaban J connectivity index is 1.84. The molecule has 3 rings (SSSR count). The van der Waals surface area contributed by atoms with Gasteiger partial charge in [0.2, 0.25) is 0 Å². The highest BCUT2D eigenvalue weighted by molar-refractivity contribution is 5.78. The van der Waals surface area contributed by atoms with E-state index in [2.05, 4.69) is 10.2 Å². The Morgan fingerprint density at radius 2 is 2.04 bits per heavy atom. The van der Waals surface area contributed by atoms with Crippen LogP contribution < -0.4 is 5.56 Å². The molecule has 0 bridgehead atoms. The van der Waals surface area contributed by atoms with Crippen molar-refractivity contribution in [1.82, 2.24) is 14.5 Å². The number of hydrogen-bond acceptors (Lipinski definition) is 4. The van der Waals surface area contributed by atoms with Crippen molar-refractivity contribution in [2.75, 3.05) is 0 Å². The minimum atomic E-state index is -0.409. The standard InChI is InChI=1S/C19H17N5O/c1-14-8-15(2)24(19(25)18(14)9-20)22-11-17-10-21-23(13-17)12-16-6-4-3-5-7-16/h3-8,10-11,13H,12H2,1-2H3/b22-11-. The Morgan fingerprint density at radius 3 is 2.76 bits per heavy atom. The van der Waals surface area contributed by atoms with Gasteiger partial charge in [0.05, 0.1) is 19.0 Å². The van der Waals surface area contributed by atoms with E-state index in [1.165, 1.54) is 4.68 Å². The lowest BCUT2D eigenvalue weighted by Gasteiger charge is -2.05. The van der Waals surface area contributed by atoms with Crippen LogP contribution in [0.5, 0.6) is 0 Å². The summed E-state index contributed by atoms with van der Waals surface area (Å²) in [5.74, 6) is 0. The lowest BCUT2D eigenvalue weighted by molar-refractivity contribution is 0.687. The first kappa shape index (κ1) is 16.4. The summed E-state index contributed by atoms with van der Waals surface area (Å²) in [7, 11) is 0. The summed E-state index contributed by atoms with van der Waals surface area (Å²) in [6.45, 7) is 4.19. The molecule has 0 aliphatic rings. The second-order valence-corrected chi connectivity index (χ2v) is 5.77. The predicted molar refractivity (Wildman–Crippen MR) is 95.7 cm³/mol. The molecule has 0 fully saturated rings. The molecule has 1 aromatic carbocycles. The Bertz CT molecular complexity index is 1020. The molecule has 6 nitrogen and oxygen atoms in total. The SMILES string of the molecule is Cc1cc(C)n(/N=C\c2cnn(Cc3ccccc3)c2)c(=O)c1C#N. The van der Waals surface area contributed by atoms with Crippen molar-refractivity contribution in [1.29, 1.82) is 5.26 Å². The zero-order valence-corrected chi connectivity index (χ0v) is 14.0. The Kier molecular flexibility index (Phi) is 4.57. The quantitative estimate of drug-likeness (QED) is 0.689. The Morgan fingerprint density at radius 1 is 1.28 bits per heavy atom. The van der Waals surface area contributed by atoms with Gasteiger partial charge in [-0.25, -0.2) is 4.68 Å². The molecular weight excluding hydrogens is 314 g/mol. The molecule has 0 aliphatic carbocycles. The summed E-state index contributed by atoms with van der Waals surface area (Å²) in [5, 5.41) is 17.6. The van der Waals surface area contributed by atoms with Gasteiger partial charge in [0.1, 0.15) is 11.6 Å². The fourth-order valence-electron chi connectivity index (χ4n) is 2.59. The van der Waals surface area contributed by atoms with Crippen LogP contribution in [0.25, 0.3) is 0 Å². The number of rotatable bonds is 4. The molecule has 0 radical (unpaired) electrons. The third-order valence-corrected chi connectivity index (χ3v) is 3.83. The summed E-state index contributed by atoms with van der Waals surface area (Å²) in [4.78, 5) is 12.3. The maximum Gasteiger partial charge on any atom is 0.289 e. The molecule has 2 heterocycles. The van der Waals surface area contributed by atoms with Crippen LogP contribution in [0.2, 0.25) is 0 Å². The number of nitriles is 1. The molecule has 25 heavy (non-hydrogen) atoms. The molecule has 0 N–H and O–H groups in total. The van der Waals surface area contributed by atoms with Gasteiger partial charge in [-0.3, -0.25) is 9.48 Å². The van der Waals surface area contributed by atoms with E-state index in [9.17, 15) is 4.79 Å². The van der Waals surface area contributed by atoms with Gasteiger partial charge in [-0.1, -0.05) is 30.3 Å². The van der Waals surface area contributed by atoms with Crippen LogP contribution in [-0.4, -0.2) is 20.7 Å². The summed E-state index contributed by atoms with van der Waals surface area (Å²) < 4.78 is 3.04. The number of aryl methyl sites for hydroxylation is 2. The second-order valence-electron chi connectivity index (χ2n) is 5.77. The normalized spacial score (nSPS) is 10.9. The molecular formula is C19H17N5O. The molecule has 3 aromatic rings. The van der Waals surface area contributed by atoms with Gasteiger partial charge in [0.15, 0.2) is 0 Å². The van der Waals surface area contributed by atoms with Gasteiger partial charge in [-0.15, -0.1) is 0 Å². The Hall–Kier alpha value is -3.46. The molecule has 0 saturated heterocycles. The number of pyridine rings is 1. The molecule has 6 heteroatoms. The van der Waals surface area contributed by atoms with E-state index in [4.69, 9.17) is 5.26 Å². The zero-order valence-electron chi connectivity index (χ0n) is 14.0. The number of benzene rings is 1. The van der Waals surface area contributed by atoms with Gasteiger partial charge in [0.25, 0.3) is 5.56 Å². The van der Waals surface area contributed by atoms with Crippen LogP contribution in [0.1, 0.15) is 27.9 Å². The van der Waals surface area contributed by atoms with E-state index in [1.807, 2.05) is 47.3 Å². The van der Waals surface area contributed by atoms with Crippen LogP contribution in [-0.2, 0) is 6.54 Å². The van der Waals surface area contributed by atoms with Crippen molar-refractivity contribution in [2.45, 2.75) is 20.4 Å². The van der Waals surface area contributed by atoms with Gasteiger partial charge >= 0.3 is 0 Å². The topological polar surface area (TPSA) is 76.0 Å². The minimum Gasteiger partial charge on any atom is -0.268 e. The highest BCUT2D eigenvalue weighted by Gasteiger charge is 2.09. The second kappa shape index (κ2) is 6.97. The molecule has 124 valence electrons. The molecule has 0 aliphatic heterocycles. The van der Waals surface area contributed by atoms with Crippen molar-refractivity contribution in [3.63, 3.8) is 0 Å². The van der Waals surface area contributed by atoms with Crippen molar-refractivity contribution in [3.8, 4) is 6.07 Å². The van der Waals surface area contributed by atoms with Crippen LogP contribution in [0.3, 0.4) is 0 Å². The lowest BCUT2D eigenvalue weighted by atomic mass is 10.1. The molecule has 0 atom stereocenters. The predicted octanol–water partition coefficient (Wildman–Crippen LogP) is 2.46.